The summed E-state index contributed by atoms with van der Waals surface area (Å²) in [5, 5.41) is 0.401. The fraction of sp³-hybridized carbons (Fsp3) is 0.318. The molecule has 0 aliphatic heterocycles. The predicted molar refractivity (Wildman–Crippen MR) is 115 cm³/mol. The van der Waals surface area contributed by atoms with Gasteiger partial charge < -0.3 is 0 Å². The van der Waals surface area contributed by atoms with Gasteiger partial charge in [-0.15, -0.1) is 0 Å². The minimum Gasteiger partial charge on any atom is -0.268 e. The van der Waals surface area contributed by atoms with Gasteiger partial charge in [-0.3, -0.25) is 4.79 Å². The average molecular weight is 450 g/mol. The van der Waals surface area contributed by atoms with Gasteiger partial charge in [0.05, 0.1) is 14.9 Å². The summed E-state index contributed by atoms with van der Waals surface area (Å²) in [5.41, 5.74) is 1.34. The van der Waals surface area contributed by atoms with E-state index in [0.29, 0.717) is 17.4 Å². The zero-order valence-electron chi connectivity index (χ0n) is 15.9. The molecule has 0 aromatic heterocycles. The number of hydrogen-bond donors (Lipinski definition) is 0. The van der Waals surface area contributed by atoms with E-state index in [1.165, 1.54) is 18.2 Å². The van der Waals surface area contributed by atoms with Crippen molar-refractivity contribution in [2.45, 2.75) is 24.7 Å². The van der Waals surface area contributed by atoms with Crippen molar-refractivity contribution in [1.82, 2.24) is 4.31 Å². The van der Waals surface area contributed by atoms with Gasteiger partial charge >= 0.3 is 0 Å². The lowest BCUT2D eigenvalue weighted by Gasteiger charge is -2.28. The highest BCUT2D eigenvalue weighted by Crippen LogP contribution is 2.44. The largest absolute Gasteiger partial charge is 0.268 e. The molecule has 1 fully saturated rings. The number of rotatable bonds is 5. The molecule has 0 radical (unpaired) electrons. The standard InChI is InChI=1S/C22H21Cl2NO3S/c1-14-2-5-16(6-3-14)22(26)25(13-18-11-15-4-7-17(18)10-15)29(27,28)19-8-9-20(23)21(24)12-19/h2-9,12,15,17-18H,10-11,13H2,1H3/t15-,17+,18+/m0/s1. The number of halogens is 2. The summed E-state index contributed by atoms with van der Waals surface area (Å²) in [6.45, 7) is 2.07. The number of carbonyl (C=O) groups excluding carboxylic acids is 1. The second-order valence-corrected chi connectivity index (χ2v) is 10.5. The molecule has 152 valence electrons. The molecular formula is C22H21Cl2NO3S. The predicted octanol–water partition coefficient (Wildman–Crippen LogP) is 5.35. The molecule has 0 unspecified atom stereocenters. The van der Waals surface area contributed by atoms with Crippen molar-refractivity contribution in [1.29, 1.82) is 0 Å². The third-order valence-corrected chi connectivity index (χ3v) is 8.30. The number of benzene rings is 2. The maximum absolute atomic E-state index is 13.5. The van der Waals surface area contributed by atoms with Gasteiger partial charge in [-0.05, 0) is 67.9 Å². The molecule has 1 amide bonds. The summed E-state index contributed by atoms with van der Waals surface area (Å²) < 4.78 is 27.9. The van der Waals surface area contributed by atoms with Crippen LogP contribution >= 0.6 is 23.2 Å². The zero-order chi connectivity index (χ0) is 20.8. The van der Waals surface area contributed by atoms with Crippen LogP contribution in [0.15, 0.2) is 59.5 Å². The molecule has 0 spiro atoms. The highest BCUT2D eigenvalue weighted by molar-refractivity contribution is 7.89. The average Bonchev–Trinajstić information content (AvgIpc) is 3.31. The van der Waals surface area contributed by atoms with Gasteiger partial charge in [0.2, 0.25) is 0 Å². The van der Waals surface area contributed by atoms with Crippen LogP contribution in [0.4, 0.5) is 0 Å². The molecule has 4 rings (SSSR count). The van der Waals surface area contributed by atoms with Crippen LogP contribution in [0.5, 0.6) is 0 Å². The van der Waals surface area contributed by atoms with E-state index in [9.17, 15) is 13.2 Å². The Bertz CT molecular complexity index is 1080. The number of allylic oxidation sites excluding steroid dienone is 2. The minimum atomic E-state index is -4.09. The summed E-state index contributed by atoms with van der Waals surface area (Å²) >= 11 is 12.0. The van der Waals surface area contributed by atoms with Gasteiger partial charge in [0.15, 0.2) is 0 Å². The van der Waals surface area contributed by atoms with E-state index in [1.54, 1.807) is 24.3 Å². The summed E-state index contributed by atoms with van der Waals surface area (Å²) in [6, 6.07) is 11.1. The van der Waals surface area contributed by atoms with Gasteiger partial charge in [0.25, 0.3) is 15.9 Å². The number of fused-ring (bicyclic) bond motifs is 2. The minimum absolute atomic E-state index is 0.0361. The number of amides is 1. The molecule has 2 aromatic carbocycles. The second kappa shape index (κ2) is 7.78. The number of sulfonamides is 1. The number of carbonyl (C=O) groups is 1. The van der Waals surface area contributed by atoms with E-state index in [-0.39, 0.29) is 27.4 Å². The highest BCUT2D eigenvalue weighted by Gasteiger charge is 2.40. The van der Waals surface area contributed by atoms with Gasteiger partial charge in [-0.25, -0.2) is 12.7 Å². The molecule has 2 aromatic rings. The Labute approximate surface area is 181 Å². The van der Waals surface area contributed by atoms with Crippen LogP contribution in [0.25, 0.3) is 0 Å². The van der Waals surface area contributed by atoms with E-state index in [1.807, 2.05) is 6.92 Å². The van der Waals surface area contributed by atoms with Crippen molar-refractivity contribution in [3.63, 3.8) is 0 Å². The zero-order valence-corrected chi connectivity index (χ0v) is 18.2. The van der Waals surface area contributed by atoms with Crippen molar-refractivity contribution in [3.8, 4) is 0 Å². The fourth-order valence-electron chi connectivity index (χ4n) is 4.21. The number of hydrogen-bond acceptors (Lipinski definition) is 3. The van der Waals surface area contributed by atoms with Crippen molar-refractivity contribution in [3.05, 3.63) is 75.8 Å². The van der Waals surface area contributed by atoms with Crippen LogP contribution in [0.1, 0.15) is 28.8 Å². The first kappa shape index (κ1) is 20.5. The lowest BCUT2D eigenvalue weighted by molar-refractivity contribution is 0.0841. The van der Waals surface area contributed by atoms with Crippen LogP contribution in [0.2, 0.25) is 10.0 Å². The van der Waals surface area contributed by atoms with E-state index >= 15 is 0 Å². The van der Waals surface area contributed by atoms with Crippen LogP contribution in [0, 0.1) is 24.7 Å². The molecule has 2 bridgehead atoms. The Morgan fingerprint density at radius 1 is 1.03 bits per heavy atom. The van der Waals surface area contributed by atoms with Gasteiger partial charge in [0, 0.05) is 12.1 Å². The molecule has 0 heterocycles. The van der Waals surface area contributed by atoms with Gasteiger partial charge in [-0.2, -0.15) is 0 Å². The van der Waals surface area contributed by atoms with E-state index in [0.717, 1.165) is 22.7 Å². The molecule has 0 N–H and O–H groups in total. The van der Waals surface area contributed by atoms with Crippen LogP contribution in [-0.4, -0.2) is 25.2 Å². The fourth-order valence-corrected chi connectivity index (χ4v) is 6.05. The summed E-state index contributed by atoms with van der Waals surface area (Å²) in [4.78, 5) is 13.3. The summed E-state index contributed by atoms with van der Waals surface area (Å²) in [6.07, 6.45) is 6.28. The topological polar surface area (TPSA) is 54.5 Å². The molecule has 2 aliphatic carbocycles. The smallest absolute Gasteiger partial charge is 0.267 e. The Hall–Kier alpha value is -1.82. The highest BCUT2D eigenvalue weighted by atomic mass is 35.5. The summed E-state index contributed by atoms with van der Waals surface area (Å²) in [7, 11) is -4.09. The molecule has 4 nitrogen and oxygen atoms in total. The summed E-state index contributed by atoms with van der Waals surface area (Å²) in [5.74, 6) is 0.395. The van der Waals surface area contributed by atoms with Gasteiger partial charge in [0.1, 0.15) is 0 Å². The van der Waals surface area contributed by atoms with Crippen LogP contribution in [-0.2, 0) is 10.0 Å². The molecule has 3 atom stereocenters. The third-order valence-electron chi connectivity index (χ3n) is 5.82. The lowest BCUT2D eigenvalue weighted by atomic mass is 9.93. The Kier molecular flexibility index (Phi) is 5.49. The van der Waals surface area contributed by atoms with E-state index in [4.69, 9.17) is 23.2 Å². The van der Waals surface area contributed by atoms with Crippen LogP contribution in [0.3, 0.4) is 0 Å². The number of aryl methyl sites for hydroxylation is 1. The maximum Gasteiger partial charge on any atom is 0.267 e. The van der Waals surface area contributed by atoms with Crippen molar-refractivity contribution in [2.24, 2.45) is 17.8 Å². The molecule has 2 aliphatic rings. The molecule has 1 saturated carbocycles. The van der Waals surface area contributed by atoms with Crippen molar-refractivity contribution in [2.75, 3.05) is 6.54 Å². The van der Waals surface area contributed by atoms with Gasteiger partial charge in [-0.1, -0.05) is 53.1 Å². The first-order valence-electron chi connectivity index (χ1n) is 9.53. The first-order valence-corrected chi connectivity index (χ1v) is 11.7. The second-order valence-electron chi connectivity index (χ2n) is 7.82. The molecule has 7 heteroatoms. The number of nitrogens with zero attached hydrogens (tertiary/aromatic N) is 1. The third kappa shape index (κ3) is 3.96. The van der Waals surface area contributed by atoms with Crippen LogP contribution < -0.4 is 0 Å². The Morgan fingerprint density at radius 2 is 1.76 bits per heavy atom. The van der Waals surface area contributed by atoms with E-state index in [2.05, 4.69) is 12.2 Å². The molecular weight excluding hydrogens is 429 g/mol. The first-order chi connectivity index (χ1) is 13.8. The Morgan fingerprint density at radius 3 is 2.34 bits per heavy atom. The van der Waals surface area contributed by atoms with E-state index < -0.39 is 15.9 Å². The molecule has 29 heavy (non-hydrogen) atoms. The Balaban J connectivity index is 1.72. The SMILES string of the molecule is Cc1ccc(C(=O)N(C[C@H]2C[C@H]3C=C[C@@H]2C3)S(=O)(=O)c2ccc(Cl)c(Cl)c2)cc1. The van der Waals surface area contributed by atoms with Crippen molar-refractivity contribution >= 4 is 39.1 Å². The monoisotopic (exact) mass is 449 g/mol. The quantitative estimate of drug-likeness (QED) is 0.578. The maximum atomic E-state index is 13.5. The van der Waals surface area contributed by atoms with Crippen molar-refractivity contribution < 1.29 is 13.2 Å². The normalized spacial score (nSPS) is 22.8. The molecule has 0 saturated heterocycles. The lowest BCUT2D eigenvalue weighted by Crippen LogP contribution is -2.41.